The Labute approximate surface area is 110 Å². The van der Waals surface area contributed by atoms with Gasteiger partial charge in [0.15, 0.2) is 0 Å². The maximum atomic E-state index is 10.3. The molecular formula is C14H24N2O2. The molecule has 0 aliphatic heterocycles. The van der Waals surface area contributed by atoms with Crippen molar-refractivity contribution in [2.45, 2.75) is 70.8 Å². The Morgan fingerprint density at radius 3 is 2.17 bits per heavy atom. The number of rotatable bonds is 12. The fourth-order valence-corrected chi connectivity index (χ4v) is 1.95. The van der Waals surface area contributed by atoms with Crippen LogP contribution in [0.25, 0.3) is 0 Å². The van der Waals surface area contributed by atoms with Crippen LogP contribution in [0.2, 0.25) is 0 Å². The SMILES string of the molecule is CCCCCC(CCCCCCN=C=O)N=C=O. The van der Waals surface area contributed by atoms with E-state index in [-0.39, 0.29) is 6.04 Å². The molecule has 0 aromatic heterocycles. The van der Waals surface area contributed by atoms with Gasteiger partial charge in [-0.2, -0.15) is 0 Å². The number of hydrogen-bond donors (Lipinski definition) is 0. The maximum absolute atomic E-state index is 10.3. The van der Waals surface area contributed by atoms with E-state index >= 15 is 0 Å². The largest absolute Gasteiger partial charge is 0.235 e. The average molecular weight is 252 g/mol. The standard InChI is InChI=1S/C14H24N2O2/c1-2-3-6-9-14(16-13-18)10-7-4-5-8-11-15-12-17/h14H,2-11H2,1H3. The van der Waals surface area contributed by atoms with Crippen molar-refractivity contribution in [3.8, 4) is 0 Å². The molecule has 0 spiro atoms. The van der Waals surface area contributed by atoms with Gasteiger partial charge in [-0.05, 0) is 19.3 Å². The first-order valence-corrected chi connectivity index (χ1v) is 6.95. The van der Waals surface area contributed by atoms with E-state index < -0.39 is 0 Å². The predicted molar refractivity (Wildman–Crippen MR) is 72.1 cm³/mol. The quantitative estimate of drug-likeness (QED) is 0.303. The van der Waals surface area contributed by atoms with Gasteiger partial charge < -0.3 is 0 Å². The Hall–Kier alpha value is -1.24. The monoisotopic (exact) mass is 252 g/mol. The summed E-state index contributed by atoms with van der Waals surface area (Å²) in [5.74, 6) is 0. The Morgan fingerprint density at radius 2 is 1.56 bits per heavy atom. The lowest BCUT2D eigenvalue weighted by Gasteiger charge is -2.09. The summed E-state index contributed by atoms with van der Waals surface area (Å²) in [6.45, 7) is 2.75. The summed E-state index contributed by atoms with van der Waals surface area (Å²) in [4.78, 5) is 27.5. The van der Waals surface area contributed by atoms with Gasteiger partial charge in [0.2, 0.25) is 12.2 Å². The zero-order chi connectivity index (χ0) is 13.5. The summed E-state index contributed by atoms with van der Waals surface area (Å²) in [6, 6.07) is 0.155. The molecule has 0 aliphatic carbocycles. The number of aliphatic imine (C=N–C) groups is 2. The molecule has 0 aromatic carbocycles. The van der Waals surface area contributed by atoms with Crippen molar-refractivity contribution in [2.24, 2.45) is 9.98 Å². The van der Waals surface area contributed by atoms with Crippen LogP contribution in [0.5, 0.6) is 0 Å². The van der Waals surface area contributed by atoms with Crippen molar-refractivity contribution >= 4 is 12.2 Å². The van der Waals surface area contributed by atoms with E-state index in [1.165, 1.54) is 18.9 Å². The molecule has 0 N–H and O–H groups in total. The Bertz CT molecular complexity index is 280. The zero-order valence-electron chi connectivity index (χ0n) is 11.4. The topological polar surface area (TPSA) is 58.9 Å². The fourth-order valence-electron chi connectivity index (χ4n) is 1.95. The number of isocyanates is 2. The first-order valence-electron chi connectivity index (χ1n) is 6.95. The molecule has 18 heavy (non-hydrogen) atoms. The van der Waals surface area contributed by atoms with E-state index in [0.29, 0.717) is 6.54 Å². The second-order valence-corrected chi connectivity index (χ2v) is 4.55. The highest BCUT2D eigenvalue weighted by molar-refractivity contribution is 5.33. The van der Waals surface area contributed by atoms with Crippen LogP contribution < -0.4 is 0 Å². The Morgan fingerprint density at radius 1 is 0.889 bits per heavy atom. The highest BCUT2D eigenvalue weighted by Crippen LogP contribution is 2.14. The highest BCUT2D eigenvalue weighted by Gasteiger charge is 2.06. The molecule has 0 radical (unpaired) electrons. The molecule has 0 fully saturated rings. The first kappa shape index (κ1) is 16.8. The van der Waals surface area contributed by atoms with E-state index in [4.69, 9.17) is 0 Å². The smallest absolute Gasteiger partial charge is 0.211 e. The lowest BCUT2D eigenvalue weighted by molar-refractivity contribution is 0.489. The molecule has 0 aliphatic rings. The minimum absolute atomic E-state index is 0.155. The van der Waals surface area contributed by atoms with E-state index in [1.54, 1.807) is 6.08 Å². The van der Waals surface area contributed by atoms with Crippen molar-refractivity contribution in [2.75, 3.05) is 6.54 Å². The molecule has 4 heteroatoms. The normalized spacial score (nSPS) is 11.4. The Kier molecular flexibility index (Phi) is 12.9. The molecule has 1 unspecified atom stereocenters. The number of unbranched alkanes of at least 4 members (excludes halogenated alkanes) is 5. The van der Waals surface area contributed by atoms with Crippen LogP contribution in [-0.4, -0.2) is 24.7 Å². The molecule has 102 valence electrons. The van der Waals surface area contributed by atoms with E-state index in [2.05, 4.69) is 16.9 Å². The molecule has 0 aromatic rings. The predicted octanol–water partition coefficient (Wildman–Crippen LogP) is 3.56. The molecule has 0 amide bonds. The van der Waals surface area contributed by atoms with E-state index in [1.807, 2.05) is 0 Å². The summed E-state index contributed by atoms with van der Waals surface area (Å²) in [6.07, 6.45) is 12.9. The summed E-state index contributed by atoms with van der Waals surface area (Å²) < 4.78 is 0. The fraction of sp³-hybridized carbons (Fsp3) is 0.857. The number of carbonyl (C=O) groups excluding carboxylic acids is 2. The van der Waals surface area contributed by atoms with Crippen LogP contribution in [0.15, 0.2) is 9.98 Å². The highest BCUT2D eigenvalue weighted by atomic mass is 16.1. The van der Waals surface area contributed by atoms with Gasteiger partial charge in [-0.15, -0.1) is 0 Å². The van der Waals surface area contributed by atoms with Crippen molar-refractivity contribution in [1.82, 2.24) is 0 Å². The molecule has 0 saturated heterocycles. The molecule has 0 bridgehead atoms. The van der Waals surface area contributed by atoms with Crippen molar-refractivity contribution < 1.29 is 9.59 Å². The molecule has 4 nitrogen and oxygen atoms in total. The lowest BCUT2D eigenvalue weighted by atomic mass is 10.0. The Balaban J connectivity index is 3.56. The van der Waals surface area contributed by atoms with Gasteiger partial charge in [0.1, 0.15) is 0 Å². The van der Waals surface area contributed by atoms with Gasteiger partial charge in [-0.1, -0.05) is 45.4 Å². The van der Waals surface area contributed by atoms with Gasteiger partial charge >= 0.3 is 0 Å². The van der Waals surface area contributed by atoms with Crippen LogP contribution >= 0.6 is 0 Å². The maximum Gasteiger partial charge on any atom is 0.235 e. The van der Waals surface area contributed by atoms with Crippen LogP contribution in [0.1, 0.15) is 64.7 Å². The van der Waals surface area contributed by atoms with Gasteiger partial charge in [0, 0.05) is 0 Å². The lowest BCUT2D eigenvalue weighted by Crippen LogP contribution is -2.04. The van der Waals surface area contributed by atoms with E-state index in [0.717, 1.165) is 44.9 Å². The second kappa shape index (κ2) is 13.8. The number of hydrogen-bond acceptors (Lipinski definition) is 4. The van der Waals surface area contributed by atoms with Gasteiger partial charge in [-0.25, -0.2) is 19.6 Å². The third-order valence-corrected chi connectivity index (χ3v) is 3.00. The van der Waals surface area contributed by atoms with Crippen molar-refractivity contribution in [3.05, 3.63) is 0 Å². The number of nitrogens with zero attached hydrogens (tertiary/aromatic N) is 2. The minimum atomic E-state index is 0.155. The molecule has 0 rings (SSSR count). The molecule has 0 saturated carbocycles. The first-order chi connectivity index (χ1) is 8.85. The summed E-state index contributed by atoms with van der Waals surface area (Å²) in [7, 11) is 0. The van der Waals surface area contributed by atoms with Crippen molar-refractivity contribution in [3.63, 3.8) is 0 Å². The van der Waals surface area contributed by atoms with Crippen LogP contribution in [0.4, 0.5) is 0 Å². The zero-order valence-corrected chi connectivity index (χ0v) is 11.4. The molecule has 0 heterocycles. The molecule has 1 atom stereocenters. The third-order valence-electron chi connectivity index (χ3n) is 3.00. The van der Waals surface area contributed by atoms with Gasteiger partial charge in [0.05, 0.1) is 12.6 Å². The van der Waals surface area contributed by atoms with E-state index in [9.17, 15) is 9.59 Å². The van der Waals surface area contributed by atoms with Crippen LogP contribution in [0.3, 0.4) is 0 Å². The van der Waals surface area contributed by atoms with Crippen LogP contribution in [0, 0.1) is 0 Å². The third kappa shape index (κ3) is 11.3. The summed E-state index contributed by atoms with van der Waals surface area (Å²) in [5, 5.41) is 0. The molecular weight excluding hydrogens is 228 g/mol. The summed E-state index contributed by atoms with van der Waals surface area (Å²) in [5.41, 5.74) is 0. The average Bonchev–Trinajstić information content (AvgIpc) is 2.38. The van der Waals surface area contributed by atoms with Crippen LogP contribution in [-0.2, 0) is 9.59 Å². The van der Waals surface area contributed by atoms with Gasteiger partial charge in [0.25, 0.3) is 0 Å². The van der Waals surface area contributed by atoms with Gasteiger partial charge in [-0.3, -0.25) is 0 Å². The minimum Gasteiger partial charge on any atom is -0.211 e. The van der Waals surface area contributed by atoms with Crippen molar-refractivity contribution in [1.29, 1.82) is 0 Å². The second-order valence-electron chi connectivity index (χ2n) is 4.55. The summed E-state index contributed by atoms with van der Waals surface area (Å²) >= 11 is 0.